The Morgan fingerprint density at radius 3 is 2.42 bits per heavy atom. The van der Waals surface area contributed by atoms with Crippen LogP contribution >= 0.6 is 0 Å². The third-order valence-corrected chi connectivity index (χ3v) is 7.46. The molecule has 2 aliphatic heterocycles. The van der Waals surface area contributed by atoms with Crippen LogP contribution in [-0.2, 0) is 21.3 Å². The largest absolute Gasteiger partial charge is 0.388 e. The highest BCUT2D eigenvalue weighted by molar-refractivity contribution is 7.85. The number of benzene rings is 2. The van der Waals surface area contributed by atoms with E-state index in [0.29, 0.717) is 56.2 Å². The maximum absolute atomic E-state index is 14.9. The summed E-state index contributed by atoms with van der Waals surface area (Å²) in [6.07, 6.45) is 1.32. The van der Waals surface area contributed by atoms with E-state index in [1.807, 2.05) is 4.90 Å². The molecular weight excluding hydrogens is 483 g/mol. The second-order valence-corrected chi connectivity index (χ2v) is 11.4. The molecule has 36 heavy (non-hydrogen) atoms. The summed E-state index contributed by atoms with van der Waals surface area (Å²) < 4.78 is 51.8. The lowest BCUT2D eigenvalue weighted by atomic mass is 9.92. The summed E-state index contributed by atoms with van der Waals surface area (Å²) in [6, 6.07) is 12.7. The van der Waals surface area contributed by atoms with Gasteiger partial charge in [-0.1, -0.05) is 32.9 Å². The molecule has 0 amide bonds. The fourth-order valence-corrected chi connectivity index (χ4v) is 4.90. The van der Waals surface area contributed by atoms with Crippen LogP contribution in [0.3, 0.4) is 0 Å². The number of hydrogen-bond acceptors (Lipinski definition) is 6. The Bertz CT molecular complexity index is 1090. The number of nitrogens with one attached hydrogen (secondary N) is 1. The Balaban J connectivity index is 0.000000236. The average Bonchev–Trinajstić information content (AvgIpc) is 2.85. The molecule has 1 fully saturated rings. The molecule has 1 unspecified atom stereocenters. The van der Waals surface area contributed by atoms with Gasteiger partial charge in [0.15, 0.2) is 0 Å². The molecule has 1 atom stereocenters. The van der Waals surface area contributed by atoms with Gasteiger partial charge in [-0.2, -0.15) is 8.42 Å². The van der Waals surface area contributed by atoms with E-state index in [1.165, 1.54) is 29.4 Å². The molecule has 2 aromatic carbocycles. The predicted molar refractivity (Wildman–Crippen MR) is 141 cm³/mol. The van der Waals surface area contributed by atoms with E-state index >= 15 is 0 Å². The Hall–Kier alpha value is -2.20. The van der Waals surface area contributed by atoms with Crippen LogP contribution < -0.4 is 10.2 Å². The van der Waals surface area contributed by atoms with Crippen LogP contribution in [0.4, 0.5) is 15.8 Å². The minimum Gasteiger partial charge on any atom is -0.388 e. The lowest BCUT2D eigenvalue weighted by Gasteiger charge is -2.40. The smallest absolute Gasteiger partial charge is 0.294 e. The molecule has 0 spiro atoms. The number of rotatable bonds is 7. The number of hydrogen-bond donors (Lipinski definition) is 3. The van der Waals surface area contributed by atoms with Crippen LogP contribution in [-0.4, -0.2) is 56.6 Å². The topological polar surface area (TPSA) is 99.1 Å². The van der Waals surface area contributed by atoms with Crippen LogP contribution in [0.2, 0.25) is 0 Å². The number of halogens is 1. The van der Waals surface area contributed by atoms with Gasteiger partial charge in [0.2, 0.25) is 0 Å². The van der Waals surface area contributed by atoms with Crippen molar-refractivity contribution in [2.45, 2.75) is 63.1 Å². The standard InChI is InChI=1S/C15H20FNO5S.C12H19N/c16-15(4-7-22-8-5-15)10-17-6-3-14(18)12-9-11(23(19,20)21)1-2-13(12)17;1-4-11-5-7-12(8-6-11)13-9-10(2)3/h1-2,9,14,18H,3-8,10H2,(H,19,20,21);5-8,10,13H,4,9H2,1-3H3. The van der Waals surface area contributed by atoms with Gasteiger partial charge in [0.25, 0.3) is 10.1 Å². The third kappa shape index (κ3) is 7.90. The second kappa shape index (κ2) is 12.4. The SMILES string of the molecule is CCc1ccc(NCC(C)C)cc1.O=S(=O)(O)c1ccc2c(c1)C(O)CCN2CC1(F)CCOCC1. The Labute approximate surface area is 214 Å². The van der Waals surface area contributed by atoms with Crippen molar-refractivity contribution < 1.29 is 27.2 Å². The molecular formula is C27H39FN2O5S. The summed E-state index contributed by atoms with van der Waals surface area (Å²) in [4.78, 5) is 1.57. The molecule has 7 nitrogen and oxygen atoms in total. The van der Waals surface area contributed by atoms with Crippen molar-refractivity contribution in [2.24, 2.45) is 5.92 Å². The van der Waals surface area contributed by atoms with Crippen LogP contribution in [0, 0.1) is 5.92 Å². The first-order valence-corrected chi connectivity index (χ1v) is 14.1. The molecule has 4 rings (SSSR count). The number of fused-ring (bicyclic) bond motifs is 1. The number of alkyl halides is 1. The number of aliphatic hydroxyl groups is 1. The summed E-state index contributed by atoms with van der Waals surface area (Å²) in [5.41, 5.74) is 2.29. The van der Waals surface area contributed by atoms with Gasteiger partial charge < -0.3 is 20.1 Å². The second-order valence-electron chi connectivity index (χ2n) is 10.0. The number of ether oxygens (including phenoxy) is 1. The van der Waals surface area contributed by atoms with E-state index < -0.39 is 21.9 Å². The third-order valence-electron chi connectivity index (χ3n) is 6.61. The predicted octanol–water partition coefficient (Wildman–Crippen LogP) is 5.01. The highest BCUT2D eigenvalue weighted by Gasteiger charge is 2.36. The van der Waals surface area contributed by atoms with Gasteiger partial charge in [0.05, 0.1) is 17.5 Å². The number of nitrogens with zero attached hydrogens (tertiary/aromatic N) is 1. The fourth-order valence-electron chi connectivity index (χ4n) is 4.38. The number of aryl methyl sites for hydroxylation is 1. The van der Waals surface area contributed by atoms with Crippen LogP contribution in [0.5, 0.6) is 0 Å². The number of anilines is 2. The van der Waals surface area contributed by atoms with Gasteiger partial charge in [-0.25, -0.2) is 4.39 Å². The normalized spacial score (nSPS) is 19.3. The first kappa shape index (κ1) is 28.4. The van der Waals surface area contributed by atoms with E-state index in [9.17, 15) is 17.9 Å². The Morgan fingerprint density at radius 2 is 1.83 bits per heavy atom. The van der Waals surface area contributed by atoms with E-state index in [0.717, 1.165) is 13.0 Å². The van der Waals surface area contributed by atoms with Gasteiger partial charge in [-0.3, -0.25) is 4.55 Å². The van der Waals surface area contributed by atoms with E-state index in [1.54, 1.807) is 0 Å². The summed E-state index contributed by atoms with van der Waals surface area (Å²) in [6.45, 7) is 9.11. The van der Waals surface area contributed by atoms with Crippen molar-refractivity contribution in [3.05, 3.63) is 53.6 Å². The summed E-state index contributed by atoms with van der Waals surface area (Å²) in [5, 5.41) is 13.5. The lowest BCUT2D eigenvalue weighted by molar-refractivity contribution is -0.00493. The molecule has 2 heterocycles. The zero-order valence-electron chi connectivity index (χ0n) is 21.4. The maximum atomic E-state index is 14.9. The minimum atomic E-state index is -4.34. The average molecular weight is 523 g/mol. The Kier molecular flexibility index (Phi) is 9.74. The molecule has 2 aliphatic rings. The highest BCUT2D eigenvalue weighted by atomic mass is 32.2. The first-order chi connectivity index (χ1) is 17.0. The minimum absolute atomic E-state index is 0.182. The monoisotopic (exact) mass is 522 g/mol. The van der Waals surface area contributed by atoms with Gasteiger partial charge >= 0.3 is 0 Å². The zero-order valence-corrected chi connectivity index (χ0v) is 22.2. The summed E-state index contributed by atoms with van der Waals surface area (Å²) in [7, 11) is -4.34. The van der Waals surface area contributed by atoms with Crippen molar-refractivity contribution in [2.75, 3.05) is 43.1 Å². The summed E-state index contributed by atoms with van der Waals surface area (Å²) >= 11 is 0. The van der Waals surface area contributed by atoms with Gasteiger partial charge in [0.1, 0.15) is 5.67 Å². The maximum Gasteiger partial charge on any atom is 0.294 e. The molecule has 0 aliphatic carbocycles. The van der Waals surface area contributed by atoms with E-state index in [4.69, 9.17) is 9.29 Å². The fraction of sp³-hybridized carbons (Fsp3) is 0.556. The van der Waals surface area contributed by atoms with Crippen molar-refractivity contribution in [1.82, 2.24) is 0 Å². The highest BCUT2D eigenvalue weighted by Crippen LogP contribution is 2.38. The molecule has 200 valence electrons. The van der Waals surface area contributed by atoms with E-state index in [2.05, 4.69) is 50.4 Å². The molecule has 3 N–H and O–H groups in total. The Morgan fingerprint density at radius 1 is 1.17 bits per heavy atom. The molecule has 9 heteroatoms. The zero-order chi connectivity index (χ0) is 26.3. The molecule has 0 radical (unpaired) electrons. The first-order valence-electron chi connectivity index (χ1n) is 12.6. The lowest BCUT2D eigenvalue weighted by Crippen LogP contribution is -2.45. The summed E-state index contributed by atoms with van der Waals surface area (Å²) in [5.74, 6) is 0.700. The van der Waals surface area contributed by atoms with Crippen molar-refractivity contribution in [1.29, 1.82) is 0 Å². The van der Waals surface area contributed by atoms with Gasteiger partial charge in [-0.15, -0.1) is 0 Å². The van der Waals surface area contributed by atoms with Crippen molar-refractivity contribution in [3.8, 4) is 0 Å². The van der Waals surface area contributed by atoms with E-state index in [-0.39, 0.29) is 11.4 Å². The van der Waals surface area contributed by atoms with Crippen LogP contribution in [0.1, 0.15) is 57.3 Å². The van der Waals surface area contributed by atoms with Crippen molar-refractivity contribution in [3.63, 3.8) is 0 Å². The molecule has 0 aromatic heterocycles. The van der Waals surface area contributed by atoms with Crippen LogP contribution in [0.15, 0.2) is 47.4 Å². The molecule has 1 saturated heterocycles. The molecule has 0 bridgehead atoms. The van der Waals surface area contributed by atoms with Gasteiger partial charge in [-0.05, 0) is 54.7 Å². The molecule has 0 saturated carbocycles. The van der Waals surface area contributed by atoms with Crippen molar-refractivity contribution >= 4 is 21.5 Å². The number of aliphatic hydroxyl groups excluding tert-OH is 1. The molecule has 2 aromatic rings. The quantitative estimate of drug-likeness (QED) is 0.440. The van der Waals surface area contributed by atoms with Gasteiger partial charge in [0, 0.05) is 56.1 Å². The van der Waals surface area contributed by atoms with Crippen LogP contribution in [0.25, 0.3) is 0 Å².